The van der Waals surface area contributed by atoms with E-state index >= 15 is 0 Å². The summed E-state index contributed by atoms with van der Waals surface area (Å²) in [6.07, 6.45) is 7.53. The van der Waals surface area contributed by atoms with Crippen LogP contribution < -0.4 is 5.32 Å². The van der Waals surface area contributed by atoms with E-state index in [1.54, 1.807) is 12.5 Å². The Hall–Kier alpha value is -2.14. The van der Waals surface area contributed by atoms with Crippen LogP contribution in [0.15, 0.2) is 43.0 Å². The predicted octanol–water partition coefficient (Wildman–Crippen LogP) is 1.83. The molecule has 3 rings (SSSR count). The van der Waals surface area contributed by atoms with Crippen molar-refractivity contribution in [3.8, 4) is 5.69 Å². The molecular formula is C17H22N4O. The Labute approximate surface area is 131 Å². The van der Waals surface area contributed by atoms with Gasteiger partial charge in [0.2, 0.25) is 5.91 Å². The van der Waals surface area contributed by atoms with Gasteiger partial charge in [-0.1, -0.05) is 18.2 Å². The third-order valence-corrected chi connectivity index (χ3v) is 4.22. The number of nitrogens with one attached hydrogen (secondary N) is 1. The number of imidazole rings is 1. The lowest BCUT2D eigenvalue weighted by molar-refractivity contribution is -0.126. The molecule has 116 valence electrons. The standard InChI is InChI=1S/C17H22N4O/c1-20-9-4-6-15(12-20)17(22)19-11-14-5-2-3-7-16(14)21-10-8-18-13-21/h2-3,5,7-8,10,13,15H,4,6,9,11-12H2,1H3,(H,19,22)/t15-/m0/s1. The van der Waals surface area contributed by atoms with Crippen molar-refractivity contribution in [1.82, 2.24) is 19.8 Å². The Morgan fingerprint density at radius 3 is 3.05 bits per heavy atom. The van der Waals surface area contributed by atoms with Crippen LogP contribution in [0, 0.1) is 5.92 Å². The van der Waals surface area contributed by atoms with Gasteiger partial charge < -0.3 is 14.8 Å². The van der Waals surface area contributed by atoms with Gasteiger partial charge in [0.05, 0.1) is 17.9 Å². The molecular weight excluding hydrogens is 276 g/mol. The van der Waals surface area contributed by atoms with Gasteiger partial charge >= 0.3 is 0 Å². The minimum absolute atomic E-state index is 0.110. The van der Waals surface area contributed by atoms with Crippen LogP contribution in [-0.4, -0.2) is 40.5 Å². The second-order valence-electron chi connectivity index (χ2n) is 5.92. The lowest BCUT2D eigenvalue weighted by Crippen LogP contribution is -2.41. The number of aromatic nitrogens is 2. The molecule has 0 aliphatic carbocycles. The monoisotopic (exact) mass is 298 g/mol. The van der Waals surface area contributed by atoms with E-state index in [1.807, 2.05) is 35.0 Å². The number of carbonyl (C=O) groups is 1. The molecule has 0 unspecified atom stereocenters. The van der Waals surface area contributed by atoms with Crippen molar-refractivity contribution in [3.63, 3.8) is 0 Å². The Morgan fingerprint density at radius 2 is 2.27 bits per heavy atom. The Kier molecular flexibility index (Phi) is 4.53. The van der Waals surface area contributed by atoms with Crippen molar-refractivity contribution < 1.29 is 4.79 Å². The summed E-state index contributed by atoms with van der Waals surface area (Å²) in [6, 6.07) is 8.08. The first-order valence-electron chi connectivity index (χ1n) is 7.76. The normalized spacial score (nSPS) is 19.0. The molecule has 5 nitrogen and oxygen atoms in total. The fraction of sp³-hybridized carbons (Fsp3) is 0.412. The van der Waals surface area contributed by atoms with Crippen LogP contribution in [0.3, 0.4) is 0 Å². The van der Waals surface area contributed by atoms with Gasteiger partial charge in [0.25, 0.3) is 0 Å². The van der Waals surface area contributed by atoms with Gasteiger partial charge in [0.15, 0.2) is 0 Å². The molecule has 1 aliphatic heterocycles. The van der Waals surface area contributed by atoms with Gasteiger partial charge in [-0.3, -0.25) is 4.79 Å². The van der Waals surface area contributed by atoms with Crippen LogP contribution in [0.2, 0.25) is 0 Å². The lowest BCUT2D eigenvalue weighted by atomic mass is 9.97. The van der Waals surface area contributed by atoms with Crippen molar-refractivity contribution >= 4 is 5.91 Å². The topological polar surface area (TPSA) is 50.2 Å². The molecule has 1 saturated heterocycles. The van der Waals surface area contributed by atoms with E-state index in [-0.39, 0.29) is 11.8 Å². The van der Waals surface area contributed by atoms with E-state index in [0.717, 1.165) is 37.2 Å². The van der Waals surface area contributed by atoms with Crippen LogP contribution in [0.4, 0.5) is 0 Å². The van der Waals surface area contributed by atoms with E-state index in [1.165, 1.54) is 0 Å². The molecule has 1 aromatic heterocycles. The minimum atomic E-state index is 0.110. The van der Waals surface area contributed by atoms with Crippen LogP contribution in [0.1, 0.15) is 18.4 Å². The van der Waals surface area contributed by atoms with E-state index in [9.17, 15) is 4.79 Å². The predicted molar refractivity (Wildman–Crippen MR) is 85.6 cm³/mol. The molecule has 1 amide bonds. The molecule has 1 aromatic carbocycles. The van der Waals surface area contributed by atoms with Gasteiger partial charge in [-0.2, -0.15) is 0 Å². The van der Waals surface area contributed by atoms with E-state index < -0.39 is 0 Å². The fourth-order valence-corrected chi connectivity index (χ4v) is 3.02. The highest BCUT2D eigenvalue weighted by molar-refractivity contribution is 5.79. The van der Waals surface area contributed by atoms with Gasteiger partial charge in [0, 0.05) is 25.5 Å². The number of hydrogen-bond donors (Lipinski definition) is 1. The molecule has 1 atom stereocenters. The second-order valence-corrected chi connectivity index (χ2v) is 5.92. The molecule has 5 heteroatoms. The van der Waals surface area contributed by atoms with Crippen LogP contribution in [-0.2, 0) is 11.3 Å². The number of rotatable bonds is 4. The summed E-state index contributed by atoms with van der Waals surface area (Å²) >= 11 is 0. The molecule has 1 fully saturated rings. The summed E-state index contributed by atoms with van der Waals surface area (Å²) < 4.78 is 1.97. The zero-order valence-electron chi connectivity index (χ0n) is 12.9. The maximum atomic E-state index is 12.4. The summed E-state index contributed by atoms with van der Waals surface area (Å²) in [5.41, 5.74) is 2.15. The number of nitrogens with zero attached hydrogens (tertiary/aromatic N) is 3. The van der Waals surface area contributed by atoms with Gasteiger partial charge in [-0.15, -0.1) is 0 Å². The smallest absolute Gasteiger partial charge is 0.224 e. The third kappa shape index (κ3) is 3.36. The number of carbonyl (C=O) groups excluding carboxylic acids is 1. The first-order chi connectivity index (χ1) is 10.7. The van der Waals surface area contributed by atoms with Crippen LogP contribution >= 0.6 is 0 Å². The van der Waals surface area contributed by atoms with Crippen molar-refractivity contribution in [2.24, 2.45) is 5.92 Å². The first-order valence-corrected chi connectivity index (χ1v) is 7.76. The number of amides is 1. The number of piperidine rings is 1. The summed E-state index contributed by atoms with van der Waals surface area (Å²) in [6.45, 7) is 2.50. The highest BCUT2D eigenvalue weighted by atomic mass is 16.1. The molecule has 0 bridgehead atoms. The molecule has 0 radical (unpaired) electrons. The van der Waals surface area contributed by atoms with Gasteiger partial charge in [-0.05, 0) is 38.1 Å². The molecule has 22 heavy (non-hydrogen) atoms. The maximum Gasteiger partial charge on any atom is 0.224 e. The SMILES string of the molecule is CN1CCC[C@H](C(=O)NCc2ccccc2-n2ccnc2)C1. The molecule has 1 aliphatic rings. The molecule has 2 aromatic rings. The van der Waals surface area contributed by atoms with E-state index in [0.29, 0.717) is 6.54 Å². The number of benzene rings is 1. The summed E-state index contributed by atoms with van der Waals surface area (Å²) in [7, 11) is 2.08. The number of hydrogen-bond acceptors (Lipinski definition) is 3. The van der Waals surface area contributed by atoms with Crippen molar-refractivity contribution in [2.75, 3.05) is 20.1 Å². The zero-order chi connectivity index (χ0) is 15.4. The van der Waals surface area contributed by atoms with E-state index in [2.05, 4.69) is 22.2 Å². The van der Waals surface area contributed by atoms with Crippen LogP contribution in [0.25, 0.3) is 5.69 Å². The highest BCUT2D eigenvalue weighted by Gasteiger charge is 2.23. The van der Waals surface area contributed by atoms with Gasteiger partial charge in [-0.25, -0.2) is 4.98 Å². The van der Waals surface area contributed by atoms with E-state index in [4.69, 9.17) is 0 Å². The Bertz CT molecular complexity index is 623. The summed E-state index contributed by atoms with van der Waals surface area (Å²) in [5.74, 6) is 0.270. The maximum absolute atomic E-state index is 12.4. The van der Waals surface area contributed by atoms with Crippen molar-refractivity contribution in [3.05, 3.63) is 48.5 Å². The molecule has 2 heterocycles. The quantitative estimate of drug-likeness (QED) is 0.937. The third-order valence-electron chi connectivity index (χ3n) is 4.22. The Balaban J connectivity index is 1.65. The average Bonchev–Trinajstić information content (AvgIpc) is 3.07. The first kappa shape index (κ1) is 14.8. The molecule has 1 N–H and O–H groups in total. The average molecular weight is 298 g/mol. The molecule has 0 spiro atoms. The lowest BCUT2D eigenvalue weighted by Gasteiger charge is -2.28. The summed E-state index contributed by atoms with van der Waals surface area (Å²) in [4.78, 5) is 18.7. The second kappa shape index (κ2) is 6.75. The van der Waals surface area contributed by atoms with Crippen LogP contribution in [0.5, 0.6) is 0 Å². The highest BCUT2D eigenvalue weighted by Crippen LogP contribution is 2.17. The van der Waals surface area contributed by atoms with Gasteiger partial charge in [0.1, 0.15) is 0 Å². The van der Waals surface area contributed by atoms with Crippen molar-refractivity contribution in [2.45, 2.75) is 19.4 Å². The summed E-state index contributed by atoms with van der Waals surface area (Å²) in [5, 5.41) is 3.09. The Morgan fingerprint density at radius 1 is 1.41 bits per heavy atom. The number of para-hydroxylation sites is 1. The zero-order valence-corrected chi connectivity index (χ0v) is 12.9. The number of likely N-dealkylation sites (tertiary alicyclic amines) is 1. The minimum Gasteiger partial charge on any atom is -0.352 e. The fourth-order valence-electron chi connectivity index (χ4n) is 3.02. The largest absolute Gasteiger partial charge is 0.352 e. The van der Waals surface area contributed by atoms with Crippen molar-refractivity contribution in [1.29, 1.82) is 0 Å². The molecule has 0 saturated carbocycles.